The summed E-state index contributed by atoms with van der Waals surface area (Å²) < 4.78 is 0. The number of aliphatic hydroxyl groups excluding tert-OH is 2. The number of piperidine rings is 2. The van der Waals surface area contributed by atoms with Gasteiger partial charge in [-0.25, -0.2) is 0 Å². The highest BCUT2D eigenvalue weighted by atomic mass is 16.3. The molecule has 4 aromatic rings. The summed E-state index contributed by atoms with van der Waals surface area (Å²) in [6, 6.07) is 29.8. The molecule has 0 spiro atoms. The number of amides is 4. The fourth-order valence-electron chi connectivity index (χ4n) is 11.9. The molecule has 10 rings (SSSR count). The van der Waals surface area contributed by atoms with Gasteiger partial charge >= 0.3 is 0 Å². The molecule has 0 unspecified atom stereocenters. The molecule has 0 bridgehead atoms. The smallest absolute Gasteiger partial charge is 0.254 e. The van der Waals surface area contributed by atoms with Crippen molar-refractivity contribution in [3.8, 4) is 0 Å². The monoisotopic (exact) mass is 951 g/mol. The summed E-state index contributed by atoms with van der Waals surface area (Å²) in [6.07, 6.45) is 8.55. The topological polar surface area (TPSA) is 128 Å². The van der Waals surface area contributed by atoms with E-state index in [-0.39, 0.29) is 23.6 Å². The van der Waals surface area contributed by atoms with E-state index in [4.69, 9.17) is 0 Å². The summed E-state index contributed by atoms with van der Waals surface area (Å²) in [5.41, 5.74) is 11.7. The zero-order chi connectivity index (χ0) is 48.7. The maximum Gasteiger partial charge on any atom is 0.254 e. The van der Waals surface area contributed by atoms with Crippen LogP contribution in [0.5, 0.6) is 0 Å². The van der Waals surface area contributed by atoms with Gasteiger partial charge in [-0.05, 0) is 133 Å². The van der Waals surface area contributed by atoms with Gasteiger partial charge in [-0.2, -0.15) is 0 Å². The minimum atomic E-state index is -0.555. The quantitative estimate of drug-likeness (QED) is 0.182. The van der Waals surface area contributed by atoms with E-state index < -0.39 is 12.2 Å². The van der Waals surface area contributed by atoms with Gasteiger partial charge < -0.3 is 29.8 Å². The summed E-state index contributed by atoms with van der Waals surface area (Å²) in [7, 11) is 0. The van der Waals surface area contributed by atoms with Crippen LogP contribution >= 0.6 is 0 Å². The van der Waals surface area contributed by atoms with Gasteiger partial charge in [0.25, 0.3) is 11.8 Å². The molecule has 372 valence electrons. The second-order valence-electron chi connectivity index (χ2n) is 21.1. The van der Waals surface area contributed by atoms with Crippen molar-refractivity contribution < 1.29 is 29.4 Å². The zero-order valence-electron chi connectivity index (χ0n) is 41.6. The lowest BCUT2D eigenvalue weighted by molar-refractivity contribution is -0.131. The van der Waals surface area contributed by atoms with Gasteiger partial charge in [-0.3, -0.25) is 29.0 Å². The molecular weight excluding hydrogens is 877 g/mol. The number of likely N-dealkylation sites (tertiary alicyclic amines) is 2. The molecule has 0 aliphatic carbocycles. The van der Waals surface area contributed by atoms with Crippen molar-refractivity contribution in [2.75, 3.05) is 78.5 Å². The molecule has 0 aromatic heterocycles. The van der Waals surface area contributed by atoms with Gasteiger partial charge in [-0.1, -0.05) is 72.8 Å². The number of hydrogen-bond donors (Lipinski definition) is 2. The molecule has 2 saturated heterocycles. The van der Waals surface area contributed by atoms with Crippen LogP contribution in [0, 0.1) is 11.8 Å². The van der Waals surface area contributed by atoms with Gasteiger partial charge in [0, 0.05) is 117 Å². The lowest BCUT2D eigenvalue weighted by Crippen LogP contribution is -2.46. The van der Waals surface area contributed by atoms with Gasteiger partial charge in [-0.15, -0.1) is 0 Å². The number of carbonyl (C=O) groups is 4. The van der Waals surface area contributed by atoms with Crippen molar-refractivity contribution in [3.05, 3.63) is 141 Å². The van der Waals surface area contributed by atoms with Crippen molar-refractivity contribution in [3.63, 3.8) is 0 Å². The van der Waals surface area contributed by atoms with E-state index in [1.54, 1.807) is 13.8 Å². The second-order valence-corrected chi connectivity index (χ2v) is 21.1. The predicted octanol–water partition coefficient (Wildman–Crippen LogP) is 5.81. The number of carbonyl (C=O) groups excluding carboxylic acids is 4. The van der Waals surface area contributed by atoms with Crippen LogP contribution in [0.25, 0.3) is 0 Å². The second kappa shape index (κ2) is 22.8. The first kappa shape index (κ1) is 49.6. The van der Waals surface area contributed by atoms with Crippen LogP contribution < -0.4 is 0 Å². The number of fused-ring (bicyclic) bond motifs is 4. The number of nitrogens with zero attached hydrogens (tertiary/aromatic N) is 6. The van der Waals surface area contributed by atoms with E-state index in [0.29, 0.717) is 51.1 Å². The summed E-state index contributed by atoms with van der Waals surface area (Å²) in [5.74, 6) is 1.51. The van der Waals surface area contributed by atoms with Gasteiger partial charge in [0.15, 0.2) is 0 Å². The van der Waals surface area contributed by atoms with E-state index >= 15 is 0 Å². The van der Waals surface area contributed by atoms with Crippen molar-refractivity contribution >= 4 is 23.6 Å². The fourth-order valence-corrected chi connectivity index (χ4v) is 11.9. The van der Waals surface area contributed by atoms with Crippen LogP contribution in [0.4, 0.5) is 0 Å². The van der Waals surface area contributed by atoms with Crippen LogP contribution in [0.15, 0.2) is 84.9 Å². The Morgan fingerprint density at radius 2 is 0.857 bits per heavy atom. The van der Waals surface area contributed by atoms with Crippen LogP contribution in [0.3, 0.4) is 0 Å². The molecule has 6 heterocycles. The Balaban J connectivity index is 0.000000174. The van der Waals surface area contributed by atoms with Crippen LogP contribution in [-0.4, -0.2) is 154 Å². The van der Waals surface area contributed by atoms with Gasteiger partial charge in [0.2, 0.25) is 11.8 Å². The zero-order valence-corrected chi connectivity index (χ0v) is 41.6. The van der Waals surface area contributed by atoms with Crippen molar-refractivity contribution in [2.45, 2.75) is 103 Å². The Morgan fingerprint density at radius 3 is 1.24 bits per heavy atom. The number of benzene rings is 4. The molecule has 0 saturated carbocycles. The molecule has 2 atom stereocenters. The third-order valence-electron chi connectivity index (χ3n) is 16.1. The largest absolute Gasteiger partial charge is 0.390 e. The molecule has 6 aliphatic heterocycles. The summed E-state index contributed by atoms with van der Waals surface area (Å²) in [5, 5.41) is 21.7. The van der Waals surface area contributed by atoms with E-state index in [9.17, 15) is 29.4 Å². The number of hydrogen-bond acceptors (Lipinski definition) is 8. The molecule has 12 heteroatoms. The molecule has 0 radical (unpaired) electrons. The summed E-state index contributed by atoms with van der Waals surface area (Å²) >= 11 is 0. The van der Waals surface area contributed by atoms with E-state index in [1.165, 1.54) is 33.4 Å². The Labute approximate surface area is 415 Å². The van der Waals surface area contributed by atoms with E-state index in [1.807, 2.05) is 19.6 Å². The normalized spacial score (nSPS) is 19.9. The van der Waals surface area contributed by atoms with Crippen LogP contribution in [0.1, 0.15) is 105 Å². The third-order valence-corrected chi connectivity index (χ3v) is 16.1. The van der Waals surface area contributed by atoms with Crippen molar-refractivity contribution in [1.29, 1.82) is 0 Å². The minimum Gasteiger partial charge on any atom is -0.390 e. The SMILES string of the molecule is CC(=O)N1CCC(Cc2ccc3c(c2)C(=O)N(C[C@@H](O)CN2CCc4ccccc4C2)CC3)CC1.CC(=O)N1CCC(Cc2ccc3c(c2)C(=O)N(C[C@H](O)CN2CCc4ccccc4C2)CC3)CC1. The molecular formula is C58H74N6O6. The van der Waals surface area contributed by atoms with Gasteiger partial charge in [0.05, 0.1) is 12.2 Å². The van der Waals surface area contributed by atoms with Gasteiger partial charge in [0.1, 0.15) is 0 Å². The Hall–Kier alpha value is -5.40. The van der Waals surface area contributed by atoms with E-state index in [2.05, 4.69) is 94.7 Å². The highest BCUT2D eigenvalue weighted by Crippen LogP contribution is 2.29. The molecule has 70 heavy (non-hydrogen) atoms. The lowest BCUT2D eigenvalue weighted by atomic mass is 9.88. The molecule has 2 fully saturated rings. The molecule has 2 N–H and O–H groups in total. The molecule has 12 nitrogen and oxygen atoms in total. The average Bonchev–Trinajstić information content (AvgIpc) is 3.36. The van der Waals surface area contributed by atoms with Crippen molar-refractivity contribution in [1.82, 2.24) is 29.4 Å². The first-order chi connectivity index (χ1) is 33.9. The number of rotatable bonds is 12. The van der Waals surface area contributed by atoms with Crippen molar-refractivity contribution in [2.24, 2.45) is 11.8 Å². The number of aliphatic hydroxyl groups is 2. The number of β-amino-alcohol motifs (C(OH)–C–C–N with tert-alkyl or cyclic N) is 2. The maximum absolute atomic E-state index is 13.3. The first-order valence-corrected chi connectivity index (χ1v) is 26.2. The standard InChI is InChI=1S/2C29H37N3O3/c2*1-21(33)31-13-8-22(9-14-31)16-23-6-7-25-11-15-32(29(35)28(25)17-23)20-27(34)19-30-12-10-24-4-2-3-5-26(24)18-30/h2*2-7,17,22,27,34H,8-16,18-20H2,1H3/t2*27-/m10/s1. The van der Waals surface area contributed by atoms with E-state index in [0.717, 1.165) is 139 Å². The average molecular weight is 951 g/mol. The van der Waals surface area contributed by atoms with Crippen LogP contribution in [-0.2, 0) is 61.2 Å². The molecule has 4 amide bonds. The predicted molar refractivity (Wildman–Crippen MR) is 272 cm³/mol. The lowest BCUT2D eigenvalue weighted by Gasteiger charge is -2.34. The summed E-state index contributed by atoms with van der Waals surface area (Å²) in [6.45, 7) is 13.5. The molecule has 6 aliphatic rings. The fraction of sp³-hybridized carbons (Fsp3) is 0.517. The maximum atomic E-state index is 13.3. The summed E-state index contributed by atoms with van der Waals surface area (Å²) in [4.78, 5) is 62.0. The highest BCUT2D eigenvalue weighted by Gasteiger charge is 2.31. The Kier molecular flexibility index (Phi) is 16.1. The Morgan fingerprint density at radius 1 is 0.486 bits per heavy atom. The Bertz CT molecular complexity index is 2320. The molecule has 4 aromatic carbocycles. The first-order valence-electron chi connectivity index (χ1n) is 26.2. The van der Waals surface area contributed by atoms with Crippen LogP contribution in [0.2, 0.25) is 0 Å². The highest BCUT2D eigenvalue weighted by molar-refractivity contribution is 5.97. The minimum absolute atomic E-state index is 0.0440. The third kappa shape index (κ3) is 12.4.